The first kappa shape index (κ1) is 16.7. The highest BCUT2D eigenvalue weighted by Gasteiger charge is 2.02. The largest absolute Gasteiger partial charge is 0.550 e. The smallest absolute Gasteiger partial charge is 0.134 e. The van der Waals surface area contributed by atoms with Crippen LogP contribution in [0.2, 0.25) is 0 Å². The Labute approximate surface area is 116 Å². The zero-order chi connectivity index (χ0) is 14.0. The molecule has 0 heterocycles. The molecular formula is C10H14N2O4S2-2. The topological polar surface area (TPSA) is 104 Å². The van der Waals surface area contributed by atoms with Gasteiger partial charge in [-0.15, -0.1) is 0 Å². The molecule has 0 amide bonds. The number of hydrogen-bond donors (Lipinski definition) is 2. The van der Waals surface area contributed by atoms with Crippen LogP contribution in [0.3, 0.4) is 0 Å². The number of carbonyl (C=O) groups excluding carboxylic acids is 2. The predicted octanol–water partition coefficient (Wildman–Crippen LogP) is -2.12. The van der Waals surface area contributed by atoms with Crippen molar-refractivity contribution < 1.29 is 19.8 Å². The second-order valence-corrected chi connectivity index (χ2v) is 4.28. The fourth-order valence-corrected chi connectivity index (χ4v) is 1.38. The second kappa shape index (κ2) is 9.72. The molecule has 0 fully saturated rings. The van der Waals surface area contributed by atoms with Crippen molar-refractivity contribution in [2.75, 3.05) is 13.1 Å². The molecule has 0 aromatic heterocycles. The lowest BCUT2D eigenvalue weighted by molar-refractivity contribution is -0.307. The maximum absolute atomic E-state index is 10.1. The SMILES string of the molecule is O=C([O-])CCCNC(=S)C(=S)NCCCC(=O)[O-]. The number of carbonyl (C=O) groups is 2. The first-order valence-electron chi connectivity index (χ1n) is 5.39. The van der Waals surface area contributed by atoms with Crippen molar-refractivity contribution in [1.29, 1.82) is 0 Å². The summed E-state index contributed by atoms with van der Waals surface area (Å²) >= 11 is 9.90. The fraction of sp³-hybridized carbons (Fsp3) is 0.600. The van der Waals surface area contributed by atoms with E-state index >= 15 is 0 Å². The number of hydrogen-bond acceptors (Lipinski definition) is 6. The molecule has 0 saturated carbocycles. The standard InChI is InChI=1S/C10H16N2O4S2/c13-7(14)3-1-5-11-9(17)10(18)12-6-2-4-8(15)16/h1-6H2,(H,11,17)(H,12,18)(H,13,14)(H,15,16)/p-2. The first-order valence-corrected chi connectivity index (χ1v) is 6.21. The van der Waals surface area contributed by atoms with Crippen molar-refractivity contribution >= 4 is 46.4 Å². The van der Waals surface area contributed by atoms with E-state index in [2.05, 4.69) is 10.6 Å². The van der Waals surface area contributed by atoms with Crippen LogP contribution in [-0.2, 0) is 9.59 Å². The van der Waals surface area contributed by atoms with Crippen LogP contribution in [0.5, 0.6) is 0 Å². The molecule has 18 heavy (non-hydrogen) atoms. The summed E-state index contributed by atoms with van der Waals surface area (Å²) in [6.45, 7) is 0.793. The summed E-state index contributed by atoms with van der Waals surface area (Å²) in [4.78, 5) is 20.9. The third-order valence-corrected chi connectivity index (χ3v) is 2.72. The molecule has 0 unspecified atom stereocenters. The minimum atomic E-state index is -1.11. The van der Waals surface area contributed by atoms with E-state index in [-0.39, 0.29) is 12.8 Å². The van der Waals surface area contributed by atoms with Crippen molar-refractivity contribution in [1.82, 2.24) is 10.6 Å². The molecule has 6 nitrogen and oxygen atoms in total. The quantitative estimate of drug-likeness (QED) is 0.386. The predicted molar refractivity (Wildman–Crippen MR) is 69.7 cm³/mol. The van der Waals surface area contributed by atoms with Gasteiger partial charge in [-0.05, 0) is 25.7 Å². The average molecular weight is 290 g/mol. The Morgan fingerprint density at radius 2 is 1.17 bits per heavy atom. The lowest BCUT2D eigenvalue weighted by Gasteiger charge is -2.11. The summed E-state index contributed by atoms with van der Waals surface area (Å²) < 4.78 is 0. The molecule has 2 N–H and O–H groups in total. The highest BCUT2D eigenvalue weighted by atomic mass is 32.1. The summed E-state index contributed by atoms with van der Waals surface area (Å²) in [6.07, 6.45) is 0.717. The molecule has 0 bridgehead atoms. The summed E-state index contributed by atoms with van der Waals surface area (Å²) in [6, 6.07) is 0. The highest BCUT2D eigenvalue weighted by molar-refractivity contribution is 7.89. The van der Waals surface area contributed by atoms with Crippen LogP contribution >= 0.6 is 24.4 Å². The molecule has 0 rings (SSSR count). The van der Waals surface area contributed by atoms with Crippen LogP contribution in [0.1, 0.15) is 25.7 Å². The third kappa shape index (κ3) is 9.91. The van der Waals surface area contributed by atoms with E-state index in [0.717, 1.165) is 0 Å². The minimum absolute atomic E-state index is 0.0403. The van der Waals surface area contributed by atoms with Crippen LogP contribution in [0, 0.1) is 0 Å². The van der Waals surface area contributed by atoms with E-state index in [1.807, 2.05) is 0 Å². The molecule has 0 aromatic rings. The molecule has 0 saturated heterocycles. The molecule has 8 heteroatoms. The van der Waals surface area contributed by atoms with Crippen LogP contribution < -0.4 is 20.8 Å². The van der Waals surface area contributed by atoms with E-state index < -0.39 is 11.9 Å². The van der Waals surface area contributed by atoms with Crippen molar-refractivity contribution in [2.45, 2.75) is 25.7 Å². The van der Waals surface area contributed by atoms with E-state index in [1.165, 1.54) is 0 Å². The van der Waals surface area contributed by atoms with Crippen molar-refractivity contribution in [3.63, 3.8) is 0 Å². The van der Waals surface area contributed by atoms with Gasteiger partial charge in [0, 0.05) is 25.0 Å². The molecule has 0 aliphatic rings. The second-order valence-electron chi connectivity index (χ2n) is 3.46. The van der Waals surface area contributed by atoms with Gasteiger partial charge in [-0.1, -0.05) is 24.4 Å². The number of nitrogens with one attached hydrogen (secondary N) is 2. The Bertz CT molecular complexity index is 302. The molecule has 0 atom stereocenters. The molecule has 0 aliphatic carbocycles. The molecule has 0 radical (unpaired) electrons. The Hall–Kier alpha value is -1.28. The number of carboxylic acids is 2. The van der Waals surface area contributed by atoms with Gasteiger partial charge in [0.15, 0.2) is 0 Å². The Morgan fingerprint density at radius 3 is 1.44 bits per heavy atom. The molecule has 0 aromatic carbocycles. The summed E-state index contributed by atoms with van der Waals surface area (Å²) in [7, 11) is 0. The Balaban J connectivity index is 3.60. The van der Waals surface area contributed by atoms with Crippen LogP contribution in [0.15, 0.2) is 0 Å². The molecule has 0 spiro atoms. The summed E-state index contributed by atoms with van der Waals surface area (Å²) in [5, 5.41) is 25.9. The summed E-state index contributed by atoms with van der Waals surface area (Å²) in [5.41, 5.74) is 0. The zero-order valence-electron chi connectivity index (χ0n) is 9.69. The molecular weight excluding hydrogens is 276 g/mol. The lowest BCUT2D eigenvalue weighted by atomic mass is 10.3. The van der Waals surface area contributed by atoms with Crippen LogP contribution in [-0.4, -0.2) is 35.0 Å². The number of carboxylic acid groups (broad SMARTS) is 2. The van der Waals surface area contributed by atoms with Gasteiger partial charge in [-0.25, -0.2) is 0 Å². The monoisotopic (exact) mass is 290 g/mol. The highest BCUT2D eigenvalue weighted by Crippen LogP contribution is 1.88. The van der Waals surface area contributed by atoms with Gasteiger partial charge in [0.1, 0.15) is 9.98 Å². The Kier molecular flexibility index (Phi) is 9.03. The Morgan fingerprint density at radius 1 is 0.833 bits per heavy atom. The lowest BCUT2D eigenvalue weighted by Crippen LogP contribution is -2.38. The summed E-state index contributed by atoms with van der Waals surface area (Å²) in [5.74, 6) is -2.21. The van der Waals surface area contributed by atoms with E-state index in [0.29, 0.717) is 35.9 Å². The van der Waals surface area contributed by atoms with Crippen LogP contribution in [0.25, 0.3) is 0 Å². The fourth-order valence-electron chi connectivity index (χ4n) is 1.03. The van der Waals surface area contributed by atoms with Gasteiger partial charge in [-0.3, -0.25) is 0 Å². The average Bonchev–Trinajstić information content (AvgIpc) is 2.29. The number of rotatable bonds is 8. The van der Waals surface area contributed by atoms with Gasteiger partial charge in [0.05, 0.1) is 0 Å². The maximum atomic E-state index is 10.1. The van der Waals surface area contributed by atoms with Gasteiger partial charge in [0.25, 0.3) is 0 Å². The number of aliphatic carboxylic acids is 2. The third-order valence-electron chi connectivity index (χ3n) is 1.89. The normalized spacial score (nSPS) is 9.56. The van der Waals surface area contributed by atoms with E-state index in [4.69, 9.17) is 24.4 Å². The first-order chi connectivity index (χ1) is 8.43. The zero-order valence-corrected chi connectivity index (χ0v) is 11.3. The van der Waals surface area contributed by atoms with E-state index in [1.54, 1.807) is 0 Å². The van der Waals surface area contributed by atoms with E-state index in [9.17, 15) is 19.8 Å². The van der Waals surface area contributed by atoms with Gasteiger partial charge in [-0.2, -0.15) is 0 Å². The van der Waals surface area contributed by atoms with Gasteiger partial charge in [0.2, 0.25) is 0 Å². The van der Waals surface area contributed by atoms with Gasteiger partial charge < -0.3 is 30.4 Å². The van der Waals surface area contributed by atoms with Crippen LogP contribution in [0.4, 0.5) is 0 Å². The molecule has 0 aliphatic heterocycles. The number of thiocarbonyl (C=S) groups is 2. The molecule has 102 valence electrons. The van der Waals surface area contributed by atoms with Crippen molar-refractivity contribution in [3.05, 3.63) is 0 Å². The maximum Gasteiger partial charge on any atom is 0.134 e. The van der Waals surface area contributed by atoms with Crippen molar-refractivity contribution in [3.8, 4) is 0 Å². The van der Waals surface area contributed by atoms with Crippen molar-refractivity contribution in [2.24, 2.45) is 0 Å². The van der Waals surface area contributed by atoms with Gasteiger partial charge >= 0.3 is 0 Å². The minimum Gasteiger partial charge on any atom is -0.550 e.